The van der Waals surface area contributed by atoms with Gasteiger partial charge in [-0.05, 0) is 54.1 Å². The van der Waals surface area contributed by atoms with Crippen molar-refractivity contribution in [1.82, 2.24) is 0 Å². The van der Waals surface area contributed by atoms with E-state index in [-0.39, 0.29) is 15.5 Å². The molecular weight excluding hydrogens is 433 g/mol. The Bertz CT molecular complexity index is 1180. The minimum atomic E-state index is -3.41. The molecule has 150 valence electrons. The fourth-order valence-corrected chi connectivity index (χ4v) is 3.91. The fourth-order valence-electron chi connectivity index (χ4n) is 2.70. The summed E-state index contributed by atoms with van der Waals surface area (Å²) in [5.74, 6) is 0.263. The summed E-state index contributed by atoms with van der Waals surface area (Å²) in [6, 6.07) is 16.5. The van der Waals surface area contributed by atoms with Gasteiger partial charge >= 0.3 is 0 Å². The summed E-state index contributed by atoms with van der Waals surface area (Å²) in [6.07, 6.45) is 1.08. The Morgan fingerprint density at radius 2 is 1.62 bits per heavy atom. The molecule has 0 aliphatic rings. The molecule has 1 N–H and O–H groups in total. The monoisotopic (exact) mass is 449 g/mol. The van der Waals surface area contributed by atoms with Gasteiger partial charge in [0.2, 0.25) is 0 Å². The number of benzene rings is 3. The van der Waals surface area contributed by atoms with Crippen LogP contribution in [0.1, 0.15) is 10.4 Å². The zero-order valence-corrected chi connectivity index (χ0v) is 17.9. The van der Waals surface area contributed by atoms with E-state index >= 15 is 0 Å². The van der Waals surface area contributed by atoms with Gasteiger partial charge in [0.05, 0.1) is 22.6 Å². The Balaban J connectivity index is 1.88. The third-order valence-corrected chi connectivity index (χ3v) is 5.99. The highest BCUT2D eigenvalue weighted by Crippen LogP contribution is 2.32. The molecule has 0 unspecified atom stereocenters. The van der Waals surface area contributed by atoms with Crippen molar-refractivity contribution in [2.24, 2.45) is 0 Å². The number of ether oxygens (including phenoxy) is 1. The highest BCUT2D eigenvalue weighted by Gasteiger charge is 2.15. The summed E-state index contributed by atoms with van der Waals surface area (Å²) >= 11 is 12.4. The molecule has 8 heteroatoms. The lowest BCUT2D eigenvalue weighted by molar-refractivity contribution is 0.102. The lowest BCUT2D eigenvalue weighted by Gasteiger charge is -2.11. The molecule has 3 rings (SSSR count). The molecule has 0 bridgehead atoms. The first-order valence-electron chi connectivity index (χ1n) is 8.44. The Kier molecular flexibility index (Phi) is 6.17. The predicted octanol–water partition coefficient (Wildman–Crippen LogP) is 5.32. The second-order valence-corrected chi connectivity index (χ2v) is 9.12. The zero-order chi connectivity index (χ0) is 21.2. The van der Waals surface area contributed by atoms with E-state index in [2.05, 4.69) is 5.32 Å². The van der Waals surface area contributed by atoms with E-state index < -0.39 is 15.7 Å². The van der Waals surface area contributed by atoms with Gasteiger partial charge < -0.3 is 10.1 Å². The van der Waals surface area contributed by atoms with E-state index in [1.165, 1.54) is 18.2 Å². The number of hydrogen-bond donors (Lipinski definition) is 1. The molecule has 0 saturated carbocycles. The van der Waals surface area contributed by atoms with Gasteiger partial charge in [0.1, 0.15) is 5.75 Å². The van der Waals surface area contributed by atoms with Crippen LogP contribution in [0.5, 0.6) is 5.75 Å². The van der Waals surface area contributed by atoms with E-state index in [0.717, 1.165) is 23.1 Å². The number of carbonyl (C=O) groups excluding carboxylic acids is 1. The summed E-state index contributed by atoms with van der Waals surface area (Å²) in [4.78, 5) is 12.7. The fraction of sp³-hybridized carbons (Fsp3) is 0.0952. The number of carbonyl (C=O) groups is 1. The van der Waals surface area contributed by atoms with Gasteiger partial charge in [0.25, 0.3) is 5.91 Å². The molecule has 0 aliphatic heterocycles. The topological polar surface area (TPSA) is 72.5 Å². The molecule has 0 atom stereocenters. The van der Waals surface area contributed by atoms with E-state index in [1.54, 1.807) is 25.3 Å². The van der Waals surface area contributed by atoms with Gasteiger partial charge in [0.15, 0.2) is 9.84 Å². The molecule has 0 spiro atoms. The lowest BCUT2D eigenvalue weighted by Crippen LogP contribution is -2.13. The zero-order valence-electron chi connectivity index (χ0n) is 15.6. The second-order valence-electron chi connectivity index (χ2n) is 6.29. The Hall–Kier alpha value is -2.54. The first-order valence-corrected chi connectivity index (χ1v) is 11.1. The van der Waals surface area contributed by atoms with Gasteiger partial charge in [-0.15, -0.1) is 0 Å². The highest BCUT2D eigenvalue weighted by atomic mass is 35.5. The molecular formula is C21H17Cl2NO4S. The standard InChI is InChI=1S/C21H17Cl2NO4S/c1-28-15-6-3-13(4-7-15)18-11-14(5-10-19(18)22)24-21(25)17-9-8-16(12-20(17)23)29(2,26)27/h3-12H,1-2H3,(H,24,25). The Morgan fingerprint density at radius 3 is 2.21 bits per heavy atom. The van der Waals surface area contributed by atoms with Crippen molar-refractivity contribution >= 4 is 44.6 Å². The van der Waals surface area contributed by atoms with Crippen molar-refractivity contribution < 1.29 is 17.9 Å². The summed E-state index contributed by atoms with van der Waals surface area (Å²) in [5.41, 5.74) is 2.29. The normalized spacial score (nSPS) is 11.2. The van der Waals surface area contributed by atoms with Crippen molar-refractivity contribution in [2.45, 2.75) is 4.90 Å². The van der Waals surface area contributed by atoms with Crippen molar-refractivity contribution in [3.8, 4) is 16.9 Å². The van der Waals surface area contributed by atoms with Crippen LogP contribution in [-0.2, 0) is 9.84 Å². The maximum absolute atomic E-state index is 12.6. The van der Waals surface area contributed by atoms with E-state index in [4.69, 9.17) is 27.9 Å². The van der Waals surface area contributed by atoms with Crippen LogP contribution in [-0.4, -0.2) is 27.7 Å². The first-order chi connectivity index (χ1) is 13.7. The summed E-state index contributed by atoms with van der Waals surface area (Å²) in [5, 5.41) is 3.34. The van der Waals surface area contributed by atoms with E-state index in [0.29, 0.717) is 10.7 Å². The Morgan fingerprint density at radius 1 is 0.931 bits per heavy atom. The number of sulfone groups is 1. The van der Waals surface area contributed by atoms with Crippen LogP contribution in [0.2, 0.25) is 10.0 Å². The second kappa shape index (κ2) is 8.45. The number of halogens is 2. The SMILES string of the molecule is COc1ccc(-c2cc(NC(=O)c3ccc(S(C)(=O)=O)cc3Cl)ccc2Cl)cc1. The number of rotatable bonds is 5. The van der Waals surface area contributed by atoms with Crippen LogP contribution in [0.15, 0.2) is 65.6 Å². The van der Waals surface area contributed by atoms with Gasteiger partial charge in [-0.2, -0.15) is 0 Å². The maximum atomic E-state index is 12.6. The first kappa shape index (κ1) is 21.2. The molecule has 3 aromatic carbocycles. The number of amides is 1. The number of anilines is 1. The van der Waals surface area contributed by atoms with E-state index in [9.17, 15) is 13.2 Å². The van der Waals surface area contributed by atoms with Gasteiger partial charge in [-0.3, -0.25) is 4.79 Å². The molecule has 0 heterocycles. The summed E-state index contributed by atoms with van der Waals surface area (Å²) < 4.78 is 28.4. The Labute approximate surface area is 179 Å². The van der Waals surface area contributed by atoms with Crippen LogP contribution in [0.4, 0.5) is 5.69 Å². The maximum Gasteiger partial charge on any atom is 0.257 e. The largest absolute Gasteiger partial charge is 0.497 e. The van der Waals surface area contributed by atoms with Gasteiger partial charge in [0, 0.05) is 22.5 Å². The molecule has 3 aromatic rings. The number of methoxy groups -OCH3 is 1. The van der Waals surface area contributed by atoms with Crippen molar-refractivity contribution in [1.29, 1.82) is 0 Å². The number of nitrogens with one attached hydrogen (secondary N) is 1. The molecule has 0 aromatic heterocycles. The van der Waals surface area contributed by atoms with Crippen LogP contribution >= 0.6 is 23.2 Å². The minimum absolute atomic E-state index is 0.0485. The average Bonchev–Trinajstić information content (AvgIpc) is 2.68. The van der Waals surface area contributed by atoms with Crippen molar-refractivity contribution in [3.63, 3.8) is 0 Å². The number of hydrogen-bond acceptors (Lipinski definition) is 4. The quantitative estimate of drug-likeness (QED) is 0.571. The van der Waals surface area contributed by atoms with Crippen LogP contribution in [0.25, 0.3) is 11.1 Å². The van der Waals surface area contributed by atoms with Crippen molar-refractivity contribution in [3.05, 3.63) is 76.3 Å². The third kappa shape index (κ3) is 4.90. The lowest BCUT2D eigenvalue weighted by atomic mass is 10.0. The molecule has 0 saturated heterocycles. The smallest absolute Gasteiger partial charge is 0.257 e. The van der Waals surface area contributed by atoms with Crippen molar-refractivity contribution in [2.75, 3.05) is 18.7 Å². The predicted molar refractivity (Wildman–Crippen MR) is 116 cm³/mol. The van der Waals surface area contributed by atoms with Crippen LogP contribution < -0.4 is 10.1 Å². The summed E-state index contributed by atoms with van der Waals surface area (Å²) in [6.45, 7) is 0. The van der Waals surface area contributed by atoms with Crippen LogP contribution in [0, 0.1) is 0 Å². The molecule has 0 aliphatic carbocycles. The van der Waals surface area contributed by atoms with Gasteiger partial charge in [-0.1, -0.05) is 35.3 Å². The molecule has 5 nitrogen and oxygen atoms in total. The minimum Gasteiger partial charge on any atom is -0.497 e. The van der Waals surface area contributed by atoms with Crippen LogP contribution in [0.3, 0.4) is 0 Å². The summed E-state index contributed by atoms with van der Waals surface area (Å²) in [7, 11) is -1.82. The average molecular weight is 450 g/mol. The molecule has 1 amide bonds. The highest BCUT2D eigenvalue weighted by molar-refractivity contribution is 7.90. The van der Waals surface area contributed by atoms with Gasteiger partial charge in [-0.25, -0.2) is 8.42 Å². The van der Waals surface area contributed by atoms with E-state index in [1.807, 2.05) is 24.3 Å². The molecule has 0 radical (unpaired) electrons. The molecule has 0 fully saturated rings. The molecule has 29 heavy (non-hydrogen) atoms. The third-order valence-electron chi connectivity index (χ3n) is 4.24.